The minimum Gasteiger partial charge on any atom is -0.452 e. The standard InChI is InChI=1S/C10H15N3O3S3.C3H3NO/c11-19(15,16)8-6-12-9(14)4-7-17-18-10-3-1-2-5-13-10;1-2-5-3-4-1/h1-3,5H,4,6-8H2,(H,12,14)(H2,11,15,16);1-3H. The minimum absolute atomic E-state index is 0.0513. The fraction of sp³-hybridized carbons (Fsp3) is 0.308. The highest BCUT2D eigenvalue weighted by Crippen LogP contribution is 2.29. The molecule has 0 aliphatic heterocycles. The van der Waals surface area contributed by atoms with E-state index in [0.717, 1.165) is 5.03 Å². The maximum atomic E-state index is 11.4. The van der Waals surface area contributed by atoms with E-state index in [4.69, 9.17) is 5.14 Å². The predicted octanol–water partition coefficient (Wildman–Crippen LogP) is 1.29. The summed E-state index contributed by atoms with van der Waals surface area (Å²) in [4.78, 5) is 19.0. The molecule has 0 aliphatic rings. The van der Waals surface area contributed by atoms with Crippen LogP contribution in [0.1, 0.15) is 6.42 Å². The summed E-state index contributed by atoms with van der Waals surface area (Å²) in [5.74, 6) is 0.203. The number of nitrogens with zero attached hydrogens (tertiary/aromatic N) is 2. The number of primary sulfonamides is 1. The Bertz CT molecular complexity index is 649. The normalized spacial score (nSPS) is 10.5. The van der Waals surface area contributed by atoms with E-state index in [-0.39, 0.29) is 18.2 Å². The lowest BCUT2D eigenvalue weighted by molar-refractivity contribution is -0.120. The molecule has 24 heavy (non-hydrogen) atoms. The molecule has 2 aromatic heterocycles. The molecule has 0 bridgehead atoms. The molecule has 0 spiro atoms. The van der Waals surface area contributed by atoms with Crippen LogP contribution >= 0.6 is 21.6 Å². The van der Waals surface area contributed by atoms with E-state index >= 15 is 0 Å². The zero-order chi connectivity index (χ0) is 17.7. The highest BCUT2D eigenvalue weighted by molar-refractivity contribution is 8.76. The molecule has 0 saturated heterocycles. The smallest absolute Gasteiger partial charge is 0.220 e. The monoisotopic (exact) mass is 390 g/mol. The number of hydrogen-bond donors (Lipinski definition) is 2. The van der Waals surface area contributed by atoms with E-state index in [2.05, 4.69) is 19.7 Å². The Kier molecular flexibility index (Phi) is 10.2. The molecule has 0 saturated carbocycles. The van der Waals surface area contributed by atoms with Crippen molar-refractivity contribution in [1.29, 1.82) is 0 Å². The van der Waals surface area contributed by atoms with Crippen LogP contribution < -0.4 is 10.5 Å². The molecule has 132 valence electrons. The third kappa shape index (κ3) is 11.9. The number of aromatic nitrogens is 2. The van der Waals surface area contributed by atoms with Crippen LogP contribution in [0.25, 0.3) is 0 Å². The average molecular weight is 391 g/mol. The van der Waals surface area contributed by atoms with Gasteiger partial charge in [0.1, 0.15) is 11.3 Å². The maximum absolute atomic E-state index is 11.4. The molecule has 0 fully saturated rings. The van der Waals surface area contributed by atoms with Crippen LogP contribution in [0, 0.1) is 0 Å². The van der Waals surface area contributed by atoms with Crippen molar-refractivity contribution in [3.05, 3.63) is 43.2 Å². The Hall–Kier alpha value is -1.56. The quantitative estimate of drug-likeness (QED) is 0.510. The second kappa shape index (κ2) is 11.9. The topological polar surface area (TPSA) is 128 Å². The van der Waals surface area contributed by atoms with Gasteiger partial charge < -0.3 is 9.73 Å². The largest absolute Gasteiger partial charge is 0.452 e. The van der Waals surface area contributed by atoms with Gasteiger partial charge in [0.05, 0.1) is 11.9 Å². The highest BCUT2D eigenvalue weighted by Gasteiger charge is 2.05. The summed E-state index contributed by atoms with van der Waals surface area (Å²) in [6, 6.07) is 5.63. The van der Waals surface area contributed by atoms with Gasteiger partial charge in [-0.25, -0.2) is 23.5 Å². The van der Waals surface area contributed by atoms with E-state index in [1.54, 1.807) is 12.4 Å². The first-order valence-electron chi connectivity index (χ1n) is 6.77. The van der Waals surface area contributed by atoms with Gasteiger partial charge >= 0.3 is 0 Å². The summed E-state index contributed by atoms with van der Waals surface area (Å²) in [5.41, 5.74) is 0. The first-order valence-corrected chi connectivity index (χ1v) is 10.8. The summed E-state index contributed by atoms with van der Waals surface area (Å²) < 4.78 is 25.8. The van der Waals surface area contributed by atoms with Gasteiger partial charge in [-0.3, -0.25) is 4.79 Å². The molecule has 2 rings (SSSR count). The molecule has 0 aliphatic carbocycles. The molecule has 0 radical (unpaired) electrons. The van der Waals surface area contributed by atoms with Crippen LogP contribution in [0.4, 0.5) is 0 Å². The Morgan fingerprint density at radius 3 is 2.71 bits per heavy atom. The van der Waals surface area contributed by atoms with Crippen LogP contribution in [-0.2, 0) is 14.8 Å². The second-order valence-electron chi connectivity index (χ2n) is 4.22. The number of rotatable bonds is 8. The summed E-state index contributed by atoms with van der Waals surface area (Å²) in [7, 11) is -0.489. The summed E-state index contributed by atoms with van der Waals surface area (Å²) in [5, 5.41) is 8.21. The summed E-state index contributed by atoms with van der Waals surface area (Å²) in [6.07, 6.45) is 6.51. The fourth-order valence-electron chi connectivity index (χ4n) is 1.23. The fourth-order valence-corrected chi connectivity index (χ4v) is 3.48. The summed E-state index contributed by atoms with van der Waals surface area (Å²) in [6.45, 7) is 0.0513. The zero-order valence-corrected chi connectivity index (χ0v) is 15.1. The van der Waals surface area contributed by atoms with Crippen LogP contribution in [0.3, 0.4) is 0 Å². The number of pyridine rings is 1. The van der Waals surface area contributed by atoms with Crippen LogP contribution in [0.2, 0.25) is 0 Å². The molecule has 8 nitrogen and oxygen atoms in total. The maximum Gasteiger partial charge on any atom is 0.220 e. The third-order valence-electron chi connectivity index (χ3n) is 2.25. The van der Waals surface area contributed by atoms with Crippen LogP contribution in [-0.4, -0.2) is 42.3 Å². The summed E-state index contributed by atoms with van der Waals surface area (Å²) >= 11 is 0. The number of amides is 1. The molecule has 3 N–H and O–H groups in total. The Labute approximate surface area is 148 Å². The van der Waals surface area contributed by atoms with Gasteiger partial charge in [-0.2, -0.15) is 0 Å². The number of sulfonamides is 1. The minimum atomic E-state index is -3.51. The van der Waals surface area contributed by atoms with Crippen molar-refractivity contribution >= 4 is 37.5 Å². The van der Waals surface area contributed by atoms with Gasteiger partial charge in [-0.15, -0.1) is 0 Å². The zero-order valence-electron chi connectivity index (χ0n) is 12.7. The van der Waals surface area contributed by atoms with Gasteiger partial charge in [0.15, 0.2) is 6.39 Å². The lowest BCUT2D eigenvalue weighted by Crippen LogP contribution is -2.31. The molecule has 0 unspecified atom stereocenters. The highest BCUT2D eigenvalue weighted by atomic mass is 33.1. The Morgan fingerprint density at radius 2 is 2.17 bits per heavy atom. The van der Waals surface area contributed by atoms with Crippen molar-refractivity contribution in [2.75, 3.05) is 18.1 Å². The average Bonchev–Trinajstić information content (AvgIpc) is 3.11. The SMILES string of the molecule is NS(=O)(=O)CCNC(=O)CCSSc1ccccn1.c1cocn1. The van der Waals surface area contributed by atoms with Gasteiger partial charge in [-0.05, 0) is 22.9 Å². The third-order valence-corrected chi connectivity index (χ3v) is 5.29. The molecule has 2 heterocycles. The Balaban J connectivity index is 0.000000488. The van der Waals surface area contributed by atoms with Crippen molar-refractivity contribution in [2.24, 2.45) is 5.14 Å². The second-order valence-corrected chi connectivity index (χ2v) is 8.39. The van der Waals surface area contributed by atoms with E-state index < -0.39 is 10.0 Å². The van der Waals surface area contributed by atoms with E-state index in [1.165, 1.54) is 34.2 Å². The van der Waals surface area contributed by atoms with Crippen molar-refractivity contribution in [3.63, 3.8) is 0 Å². The van der Waals surface area contributed by atoms with Crippen molar-refractivity contribution in [1.82, 2.24) is 15.3 Å². The first-order chi connectivity index (χ1) is 11.5. The van der Waals surface area contributed by atoms with Crippen LogP contribution in [0.5, 0.6) is 0 Å². The first kappa shape index (κ1) is 20.5. The van der Waals surface area contributed by atoms with E-state index in [0.29, 0.717) is 12.2 Å². The van der Waals surface area contributed by atoms with Gasteiger partial charge in [0.25, 0.3) is 0 Å². The molecular weight excluding hydrogens is 372 g/mol. The molecule has 11 heteroatoms. The van der Waals surface area contributed by atoms with Gasteiger partial charge in [-0.1, -0.05) is 16.9 Å². The molecular formula is C13H18N4O4S3. The predicted molar refractivity (Wildman–Crippen MR) is 94.7 cm³/mol. The number of oxazole rings is 1. The lowest BCUT2D eigenvalue weighted by atomic mass is 10.4. The van der Waals surface area contributed by atoms with Crippen molar-refractivity contribution in [3.8, 4) is 0 Å². The number of hydrogen-bond acceptors (Lipinski definition) is 8. The number of carbonyl (C=O) groups excluding carboxylic acids is 1. The van der Waals surface area contributed by atoms with E-state index in [9.17, 15) is 13.2 Å². The van der Waals surface area contributed by atoms with Gasteiger partial charge in [0.2, 0.25) is 15.9 Å². The van der Waals surface area contributed by atoms with Crippen molar-refractivity contribution in [2.45, 2.75) is 11.4 Å². The number of nitrogens with two attached hydrogens (primary N) is 1. The Morgan fingerprint density at radius 1 is 1.33 bits per heavy atom. The molecule has 0 aromatic carbocycles. The van der Waals surface area contributed by atoms with E-state index in [1.807, 2.05) is 18.2 Å². The van der Waals surface area contributed by atoms with Crippen LogP contribution in [0.15, 0.2) is 52.7 Å². The van der Waals surface area contributed by atoms with Gasteiger partial charge in [0, 0.05) is 24.9 Å². The molecule has 2 aromatic rings. The number of nitrogens with one attached hydrogen (secondary N) is 1. The molecule has 0 atom stereocenters. The lowest BCUT2D eigenvalue weighted by Gasteiger charge is -2.03. The van der Waals surface area contributed by atoms with Crippen molar-refractivity contribution < 1.29 is 17.6 Å². The number of carbonyl (C=O) groups is 1. The molecule has 1 amide bonds.